The number of aliphatic hydroxyl groups is 2. The number of aliphatic hydroxyl groups excluding tert-OH is 2. The Balaban J connectivity index is 1.54. The van der Waals surface area contributed by atoms with Crippen LogP contribution in [0.25, 0.3) is 0 Å². The fourth-order valence-corrected chi connectivity index (χ4v) is 3.32. The largest absolute Gasteiger partial charge is 0.573 e. The minimum Gasteiger partial charge on any atom is -0.406 e. The van der Waals surface area contributed by atoms with E-state index in [1.54, 1.807) is 4.90 Å². The summed E-state index contributed by atoms with van der Waals surface area (Å²) in [6.45, 7) is 1.23. The number of aromatic nitrogens is 1. The van der Waals surface area contributed by atoms with Crippen molar-refractivity contribution >= 4 is 29.1 Å². The van der Waals surface area contributed by atoms with Crippen molar-refractivity contribution in [3.05, 3.63) is 47.1 Å². The predicted octanol–water partition coefficient (Wildman–Crippen LogP) is 3.01. The molecule has 2 heterocycles. The molecule has 0 aliphatic carbocycles. The molecule has 31 heavy (non-hydrogen) atoms. The van der Waals surface area contributed by atoms with Crippen LogP contribution in [-0.2, 0) is 0 Å². The van der Waals surface area contributed by atoms with E-state index in [0.29, 0.717) is 48.3 Å². The van der Waals surface area contributed by atoms with Gasteiger partial charge in [0, 0.05) is 43.6 Å². The molecule has 1 atom stereocenters. The number of carbonyl (C=O) groups excluding carboxylic acids is 1. The van der Waals surface area contributed by atoms with Crippen LogP contribution in [0.15, 0.2) is 36.5 Å². The minimum atomic E-state index is -4.78. The molecule has 3 rings (SSSR count). The number of benzene rings is 1. The van der Waals surface area contributed by atoms with Crippen molar-refractivity contribution in [3.63, 3.8) is 0 Å². The summed E-state index contributed by atoms with van der Waals surface area (Å²) in [5.41, 5.74) is 0.741. The minimum absolute atomic E-state index is 0.323. The average Bonchev–Trinajstić information content (AvgIpc) is 2.73. The zero-order chi connectivity index (χ0) is 22.6. The molecule has 0 bridgehead atoms. The fraction of sp³-hybridized carbons (Fsp3) is 0.368. The molecule has 1 saturated heterocycles. The second kappa shape index (κ2) is 9.58. The van der Waals surface area contributed by atoms with Gasteiger partial charge < -0.3 is 30.1 Å². The average molecular weight is 461 g/mol. The van der Waals surface area contributed by atoms with Crippen LogP contribution < -0.4 is 15.0 Å². The van der Waals surface area contributed by atoms with E-state index in [-0.39, 0.29) is 11.8 Å². The Kier molecular flexibility index (Phi) is 7.08. The van der Waals surface area contributed by atoms with E-state index in [9.17, 15) is 23.1 Å². The molecule has 1 unspecified atom stereocenters. The van der Waals surface area contributed by atoms with Crippen LogP contribution in [0.5, 0.6) is 5.75 Å². The Hall–Kier alpha value is -2.76. The summed E-state index contributed by atoms with van der Waals surface area (Å²) in [4.78, 5) is 20.1. The Morgan fingerprint density at radius 2 is 1.87 bits per heavy atom. The standard InChI is InChI=1S/C19H20ClF3N4O4/c20-15-9-12(16(29)11-28)10-24-17(15)26-5-7-27(8-6-26)18(30)25-13-1-3-14(4-2-13)31-19(21,22)23/h1-4,9-10,16,28-29H,5-8,11H2,(H,25,30). The number of hydrogen-bond acceptors (Lipinski definition) is 6. The number of halogens is 4. The topological polar surface area (TPSA) is 98.2 Å². The predicted molar refractivity (Wildman–Crippen MR) is 107 cm³/mol. The first-order chi connectivity index (χ1) is 14.7. The maximum Gasteiger partial charge on any atom is 0.573 e. The van der Waals surface area contributed by atoms with Crippen molar-refractivity contribution in [1.29, 1.82) is 0 Å². The van der Waals surface area contributed by atoms with Crippen LogP contribution >= 0.6 is 11.6 Å². The van der Waals surface area contributed by atoms with E-state index in [0.717, 1.165) is 12.1 Å². The van der Waals surface area contributed by atoms with Crippen molar-refractivity contribution in [2.24, 2.45) is 0 Å². The van der Waals surface area contributed by atoms with Crippen LogP contribution in [0.2, 0.25) is 5.02 Å². The molecule has 2 aromatic rings. The molecule has 0 radical (unpaired) electrons. The van der Waals surface area contributed by atoms with E-state index < -0.39 is 19.1 Å². The summed E-state index contributed by atoms with van der Waals surface area (Å²) < 4.78 is 40.4. The van der Waals surface area contributed by atoms with Gasteiger partial charge in [-0.2, -0.15) is 0 Å². The van der Waals surface area contributed by atoms with Gasteiger partial charge in [0.15, 0.2) is 0 Å². The molecule has 1 aliphatic heterocycles. The fourth-order valence-electron chi connectivity index (χ4n) is 3.03. The zero-order valence-electron chi connectivity index (χ0n) is 16.1. The number of alkyl halides is 3. The second-order valence-corrected chi connectivity index (χ2v) is 7.16. The van der Waals surface area contributed by atoms with Crippen LogP contribution in [0.4, 0.5) is 29.5 Å². The number of urea groups is 1. The number of hydrogen-bond donors (Lipinski definition) is 3. The number of piperazine rings is 1. The molecule has 1 aliphatic rings. The van der Waals surface area contributed by atoms with Gasteiger partial charge in [0.1, 0.15) is 17.7 Å². The molecule has 12 heteroatoms. The van der Waals surface area contributed by atoms with Gasteiger partial charge in [0.25, 0.3) is 0 Å². The first-order valence-corrected chi connectivity index (χ1v) is 9.65. The van der Waals surface area contributed by atoms with Gasteiger partial charge in [0.2, 0.25) is 0 Å². The molecule has 0 saturated carbocycles. The maximum absolute atomic E-state index is 12.4. The van der Waals surface area contributed by atoms with E-state index >= 15 is 0 Å². The van der Waals surface area contributed by atoms with E-state index in [4.69, 9.17) is 16.7 Å². The third kappa shape index (κ3) is 6.12. The molecule has 168 valence electrons. The molecule has 0 spiro atoms. The van der Waals surface area contributed by atoms with Gasteiger partial charge in [-0.05, 0) is 30.3 Å². The van der Waals surface area contributed by atoms with Gasteiger partial charge in [-0.1, -0.05) is 11.6 Å². The molecule has 1 aromatic heterocycles. The summed E-state index contributed by atoms with van der Waals surface area (Å²) in [6.07, 6.45) is -4.40. The summed E-state index contributed by atoms with van der Waals surface area (Å²) in [6, 6.07) is 6.03. The van der Waals surface area contributed by atoms with Crippen molar-refractivity contribution in [2.75, 3.05) is 43.0 Å². The van der Waals surface area contributed by atoms with Gasteiger partial charge in [-0.25, -0.2) is 9.78 Å². The van der Waals surface area contributed by atoms with Crippen molar-refractivity contribution in [3.8, 4) is 5.75 Å². The Morgan fingerprint density at radius 1 is 1.23 bits per heavy atom. The molecule has 2 amide bonds. The van der Waals surface area contributed by atoms with E-state index in [2.05, 4.69) is 15.0 Å². The van der Waals surface area contributed by atoms with Crippen LogP contribution in [0.1, 0.15) is 11.7 Å². The van der Waals surface area contributed by atoms with Crippen molar-refractivity contribution in [1.82, 2.24) is 9.88 Å². The third-order valence-corrected chi connectivity index (χ3v) is 4.88. The normalized spacial score (nSPS) is 15.5. The molecular weight excluding hydrogens is 441 g/mol. The highest BCUT2D eigenvalue weighted by Gasteiger charge is 2.31. The van der Waals surface area contributed by atoms with E-state index in [1.807, 2.05) is 4.90 Å². The number of nitrogens with zero attached hydrogens (tertiary/aromatic N) is 3. The Morgan fingerprint density at radius 3 is 2.42 bits per heavy atom. The number of anilines is 2. The smallest absolute Gasteiger partial charge is 0.406 e. The summed E-state index contributed by atoms with van der Waals surface area (Å²) in [5, 5.41) is 21.6. The third-order valence-electron chi connectivity index (χ3n) is 4.61. The number of pyridine rings is 1. The van der Waals surface area contributed by atoms with Gasteiger partial charge in [-0.15, -0.1) is 13.2 Å². The van der Waals surface area contributed by atoms with Crippen LogP contribution in [0.3, 0.4) is 0 Å². The van der Waals surface area contributed by atoms with Crippen LogP contribution in [0, 0.1) is 0 Å². The Labute approximate surface area is 180 Å². The monoisotopic (exact) mass is 460 g/mol. The second-order valence-electron chi connectivity index (χ2n) is 6.75. The van der Waals surface area contributed by atoms with Gasteiger partial charge in [-0.3, -0.25) is 0 Å². The maximum atomic E-state index is 12.4. The highest BCUT2D eigenvalue weighted by Crippen LogP contribution is 2.28. The number of rotatable bonds is 5. The lowest BCUT2D eigenvalue weighted by molar-refractivity contribution is -0.274. The lowest BCUT2D eigenvalue weighted by Gasteiger charge is -2.35. The van der Waals surface area contributed by atoms with Crippen molar-refractivity contribution < 1.29 is 32.9 Å². The highest BCUT2D eigenvalue weighted by molar-refractivity contribution is 6.33. The quantitative estimate of drug-likeness (QED) is 0.634. The van der Waals surface area contributed by atoms with Crippen molar-refractivity contribution in [2.45, 2.75) is 12.5 Å². The Bertz CT molecular complexity index is 906. The molecule has 1 aromatic carbocycles. The summed E-state index contributed by atoms with van der Waals surface area (Å²) >= 11 is 6.25. The molecule has 3 N–H and O–H groups in total. The highest BCUT2D eigenvalue weighted by atomic mass is 35.5. The SMILES string of the molecule is O=C(Nc1ccc(OC(F)(F)F)cc1)N1CCN(c2ncc(C(O)CO)cc2Cl)CC1. The van der Waals surface area contributed by atoms with Gasteiger partial charge >= 0.3 is 12.4 Å². The molecule has 1 fully saturated rings. The number of ether oxygens (including phenoxy) is 1. The number of amides is 2. The first kappa shape index (κ1) is 22.9. The lowest BCUT2D eigenvalue weighted by Crippen LogP contribution is -2.50. The zero-order valence-corrected chi connectivity index (χ0v) is 16.9. The summed E-state index contributed by atoms with van der Waals surface area (Å²) in [7, 11) is 0. The van der Waals surface area contributed by atoms with Gasteiger partial charge in [0.05, 0.1) is 11.6 Å². The van der Waals surface area contributed by atoms with E-state index in [1.165, 1.54) is 24.4 Å². The van der Waals surface area contributed by atoms with Crippen LogP contribution in [-0.4, -0.2) is 65.3 Å². The summed E-state index contributed by atoms with van der Waals surface area (Å²) in [5.74, 6) is 0.136. The number of carbonyl (C=O) groups is 1. The molecule has 8 nitrogen and oxygen atoms in total. The lowest BCUT2D eigenvalue weighted by atomic mass is 10.1. The first-order valence-electron chi connectivity index (χ1n) is 9.27. The number of nitrogens with one attached hydrogen (secondary N) is 1. The molecular formula is C19H20ClF3N4O4.